The molecule has 2 heterocycles. The van der Waals surface area contributed by atoms with Crippen LogP contribution >= 0.6 is 0 Å². The zero-order chi connectivity index (χ0) is 23.7. The summed E-state index contributed by atoms with van der Waals surface area (Å²) in [5.41, 5.74) is 4.49. The predicted molar refractivity (Wildman–Crippen MR) is 133 cm³/mol. The van der Waals surface area contributed by atoms with Gasteiger partial charge < -0.3 is 10.2 Å². The Hall–Kier alpha value is -3.22. The van der Waals surface area contributed by atoms with Gasteiger partial charge in [-0.2, -0.15) is 0 Å². The molecule has 1 aliphatic carbocycles. The van der Waals surface area contributed by atoms with Crippen molar-refractivity contribution in [2.75, 3.05) is 18.4 Å². The Kier molecular flexibility index (Phi) is 6.35. The van der Waals surface area contributed by atoms with Gasteiger partial charge in [-0.1, -0.05) is 44.0 Å². The van der Waals surface area contributed by atoms with Crippen LogP contribution in [-0.4, -0.2) is 44.8 Å². The van der Waals surface area contributed by atoms with Gasteiger partial charge in [-0.3, -0.25) is 9.59 Å². The Morgan fingerprint density at radius 3 is 2.35 bits per heavy atom. The van der Waals surface area contributed by atoms with Crippen LogP contribution in [0.25, 0.3) is 11.0 Å². The summed E-state index contributed by atoms with van der Waals surface area (Å²) in [7, 11) is 0. The number of piperidine rings is 1. The molecule has 0 bridgehead atoms. The monoisotopic (exact) mass is 459 g/mol. The highest BCUT2D eigenvalue weighted by molar-refractivity contribution is 5.98. The van der Waals surface area contributed by atoms with Gasteiger partial charge in [0.15, 0.2) is 0 Å². The van der Waals surface area contributed by atoms with Crippen LogP contribution in [0.3, 0.4) is 0 Å². The van der Waals surface area contributed by atoms with Crippen molar-refractivity contribution in [1.29, 1.82) is 0 Å². The first-order valence-corrected chi connectivity index (χ1v) is 12.5. The third-order valence-electron chi connectivity index (χ3n) is 7.39. The molecule has 2 aliphatic rings. The zero-order valence-corrected chi connectivity index (χ0v) is 20.0. The molecule has 34 heavy (non-hydrogen) atoms. The van der Waals surface area contributed by atoms with Crippen molar-refractivity contribution in [3.8, 4) is 0 Å². The van der Waals surface area contributed by atoms with E-state index in [0.717, 1.165) is 29.6 Å². The first kappa shape index (κ1) is 22.6. The molecule has 2 fully saturated rings. The Labute approximate surface area is 200 Å². The molecule has 1 saturated heterocycles. The number of carbonyl (C=O) groups is 2. The van der Waals surface area contributed by atoms with Crippen molar-refractivity contribution in [3.63, 3.8) is 0 Å². The fourth-order valence-electron chi connectivity index (χ4n) is 5.22. The predicted octanol–water partition coefficient (Wildman–Crippen LogP) is 5.16. The lowest BCUT2D eigenvalue weighted by atomic mass is 9.95. The molecule has 7 heteroatoms. The van der Waals surface area contributed by atoms with Crippen LogP contribution in [0.4, 0.5) is 5.69 Å². The number of aromatic nitrogens is 3. The highest BCUT2D eigenvalue weighted by Crippen LogP contribution is 2.31. The fraction of sp³-hybridized carbons (Fsp3) is 0.481. The second kappa shape index (κ2) is 9.57. The maximum atomic E-state index is 13.1. The molecule has 0 atom stereocenters. The standard InChI is InChI=1S/C27H33N5O2/c1-18(2)19-7-10-22(11-8-19)28-26(33)20-13-15-31(16-14-20)27(34)21-9-12-25-24(17-21)29-30-32(25)23-5-3-4-6-23/h7-12,17-18,20,23H,3-6,13-16H2,1-2H3,(H,28,33). The number of amides is 2. The van der Waals surface area contributed by atoms with Crippen LogP contribution in [0.15, 0.2) is 42.5 Å². The van der Waals surface area contributed by atoms with Crippen LogP contribution in [0, 0.1) is 5.92 Å². The minimum absolute atomic E-state index is 0.000416. The van der Waals surface area contributed by atoms with E-state index in [0.29, 0.717) is 43.5 Å². The van der Waals surface area contributed by atoms with Crippen molar-refractivity contribution >= 4 is 28.5 Å². The number of carbonyl (C=O) groups excluding carboxylic acids is 2. The van der Waals surface area contributed by atoms with Gasteiger partial charge in [0.05, 0.1) is 11.6 Å². The second-order valence-corrected chi connectivity index (χ2v) is 10.0. The van der Waals surface area contributed by atoms with E-state index in [2.05, 4.69) is 41.6 Å². The topological polar surface area (TPSA) is 80.1 Å². The highest BCUT2D eigenvalue weighted by Gasteiger charge is 2.28. The Morgan fingerprint density at radius 2 is 1.68 bits per heavy atom. The zero-order valence-electron chi connectivity index (χ0n) is 20.0. The first-order valence-electron chi connectivity index (χ1n) is 12.5. The fourth-order valence-corrected chi connectivity index (χ4v) is 5.22. The van der Waals surface area contributed by atoms with Crippen LogP contribution < -0.4 is 5.32 Å². The second-order valence-electron chi connectivity index (χ2n) is 10.0. The molecule has 2 amide bonds. The Balaban J connectivity index is 1.18. The van der Waals surface area contributed by atoms with Gasteiger partial charge in [0.25, 0.3) is 5.91 Å². The number of benzene rings is 2. The number of anilines is 1. The molecular formula is C27H33N5O2. The molecule has 178 valence electrons. The van der Waals surface area contributed by atoms with Crippen molar-refractivity contribution in [3.05, 3.63) is 53.6 Å². The van der Waals surface area contributed by atoms with Crippen LogP contribution in [0.1, 0.15) is 80.3 Å². The SMILES string of the molecule is CC(C)c1ccc(NC(=O)C2CCN(C(=O)c3ccc4c(c3)nnn4C3CCCC3)CC2)cc1. The Bertz CT molecular complexity index is 1170. The van der Waals surface area contributed by atoms with E-state index in [4.69, 9.17) is 0 Å². The highest BCUT2D eigenvalue weighted by atomic mass is 16.2. The van der Waals surface area contributed by atoms with Crippen molar-refractivity contribution in [1.82, 2.24) is 19.9 Å². The number of rotatable bonds is 5. The van der Waals surface area contributed by atoms with Gasteiger partial charge in [-0.05, 0) is 67.5 Å². The summed E-state index contributed by atoms with van der Waals surface area (Å²) in [5, 5.41) is 11.7. The van der Waals surface area contributed by atoms with E-state index in [9.17, 15) is 9.59 Å². The van der Waals surface area contributed by atoms with Crippen molar-refractivity contribution in [2.24, 2.45) is 5.92 Å². The lowest BCUT2D eigenvalue weighted by Crippen LogP contribution is -2.41. The molecule has 3 aromatic rings. The van der Waals surface area contributed by atoms with Crippen LogP contribution in [-0.2, 0) is 4.79 Å². The van der Waals surface area contributed by atoms with E-state index < -0.39 is 0 Å². The number of nitrogens with one attached hydrogen (secondary N) is 1. The molecule has 0 unspecified atom stereocenters. The quantitative estimate of drug-likeness (QED) is 0.571. The lowest BCUT2D eigenvalue weighted by Gasteiger charge is -2.31. The smallest absolute Gasteiger partial charge is 0.253 e. The summed E-state index contributed by atoms with van der Waals surface area (Å²) in [6.45, 7) is 5.47. The van der Waals surface area contributed by atoms with Crippen LogP contribution in [0.2, 0.25) is 0 Å². The number of fused-ring (bicyclic) bond motifs is 1. The molecule has 1 saturated carbocycles. The lowest BCUT2D eigenvalue weighted by molar-refractivity contribution is -0.121. The number of hydrogen-bond donors (Lipinski definition) is 1. The maximum Gasteiger partial charge on any atom is 0.253 e. The average Bonchev–Trinajstić information content (AvgIpc) is 3.53. The van der Waals surface area contributed by atoms with E-state index in [1.807, 2.05) is 39.9 Å². The number of likely N-dealkylation sites (tertiary alicyclic amines) is 1. The van der Waals surface area contributed by atoms with E-state index in [-0.39, 0.29) is 17.7 Å². The normalized spacial score (nSPS) is 17.6. The summed E-state index contributed by atoms with van der Waals surface area (Å²) < 4.78 is 2.02. The molecule has 2 aromatic carbocycles. The van der Waals surface area contributed by atoms with E-state index in [1.54, 1.807) is 0 Å². The number of nitrogens with zero attached hydrogens (tertiary/aromatic N) is 4. The summed E-state index contributed by atoms with van der Waals surface area (Å²) in [5.74, 6) is 0.420. The number of hydrogen-bond acceptors (Lipinski definition) is 4. The molecule has 0 radical (unpaired) electrons. The molecule has 1 N–H and O–H groups in total. The minimum Gasteiger partial charge on any atom is -0.339 e. The van der Waals surface area contributed by atoms with Gasteiger partial charge in [-0.25, -0.2) is 4.68 Å². The molecule has 1 aromatic heterocycles. The summed E-state index contributed by atoms with van der Waals surface area (Å²) in [4.78, 5) is 27.7. The van der Waals surface area contributed by atoms with Gasteiger partial charge in [-0.15, -0.1) is 5.10 Å². The molecule has 5 rings (SSSR count). The molecular weight excluding hydrogens is 426 g/mol. The maximum absolute atomic E-state index is 13.1. The first-order chi connectivity index (χ1) is 16.5. The third-order valence-corrected chi connectivity index (χ3v) is 7.39. The van der Waals surface area contributed by atoms with Crippen molar-refractivity contribution < 1.29 is 9.59 Å². The molecule has 7 nitrogen and oxygen atoms in total. The summed E-state index contributed by atoms with van der Waals surface area (Å²) >= 11 is 0. The summed E-state index contributed by atoms with van der Waals surface area (Å²) in [6.07, 6.45) is 6.10. The van der Waals surface area contributed by atoms with Gasteiger partial charge in [0, 0.05) is 30.3 Å². The van der Waals surface area contributed by atoms with Gasteiger partial charge in [0.2, 0.25) is 5.91 Å². The van der Waals surface area contributed by atoms with E-state index in [1.165, 1.54) is 18.4 Å². The average molecular weight is 460 g/mol. The Morgan fingerprint density at radius 1 is 0.971 bits per heavy atom. The largest absolute Gasteiger partial charge is 0.339 e. The third kappa shape index (κ3) is 4.56. The van der Waals surface area contributed by atoms with Gasteiger partial charge >= 0.3 is 0 Å². The van der Waals surface area contributed by atoms with Crippen LogP contribution in [0.5, 0.6) is 0 Å². The summed E-state index contributed by atoms with van der Waals surface area (Å²) in [6, 6.07) is 14.2. The minimum atomic E-state index is -0.0809. The van der Waals surface area contributed by atoms with E-state index >= 15 is 0 Å². The van der Waals surface area contributed by atoms with Gasteiger partial charge in [0.1, 0.15) is 5.52 Å². The van der Waals surface area contributed by atoms with Crippen molar-refractivity contribution in [2.45, 2.75) is 64.3 Å². The molecule has 0 spiro atoms. The molecule has 1 aliphatic heterocycles.